The molecule has 5 fully saturated rings. The van der Waals surface area contributed by atoms with Crippen molar-refractivity contribution in [1.82, 2.24) is 24.5 Å². The Bertz CT molecular complexity index is 2050. The maximum Gasteiger partial charge on any atom is 0.319 e. The third kappa shape index (κ3) is 4.89. The number of terminal acetylenes is 1. The van der Waals surface area contributed by atoms with Crippen LogP contribution >= 0.6 is 0 Å². The molecule has 1 aromatic heterocycles. The van der Waals surface area contributed by atoms with Crippen LogP contribution in [0.3, 0.4) is 0 Å². The second-order valence-electron chi connectivity index (χ2n) is 14.5. The van der Waals surface area contributed by atoms with Crippen molar-refractivity contribution >= 4 is 38.4 Å². The number of alkyl halides is 1. The lowest BCUT2D eigenvalue weighted by molar-refractivity contribution is 0.107. The van der Waals surface area contributed by atoms with Gasteiger partial charge in [0.25, 0.3) is 10.0 Å². The van der Waals surface area contributed by atoms with E-state index in [0.29, 0.717) is 61.1 Å². The highest BCUT2D eigenvalue weighted by Gasteiger charge is 2.50. The number of ether oxygens (including phenoxy) is 1. The number of benzene rings is 2. The van der Waals surface area contributed by atoms with Gasteiger partial charge in [0.05, 0.1) is 22.5 Å². The van der Waals surface area contributed by atoms with Crippen LogP contribution in [-0.2, 0) is 10.0 Å². The SMILES string of the molecule is C#Cc1c(F)ccc2cc(O)cc(C3=Cc4nc(OC[C@@]56CCCN5C[C@H](F)C6)nc(N5CC6CCC(C5)N6)c4S(=O)(=O)N3C3CCC3)c12. The predicted octanol–water partition coefficient (Wildman–Crippen LogP) is 4.41. The minimum atomic E-state index is -4.28. The van der Waals surface area contributed by atoms with Crippen LogP contribution in [0.4, 0.5) is 14.6 Å². The first-order valence-corrected chi connectivity index (χ1v) is 18.7. The topological polar surface area (TPSA) is 111 Å². The number of anilines is 1. The lowest BCUT2D eigenvalue weighted by atomic mass is 9.90. The summed E-state index contributed by atoms with van der Waals surface area (Å²) in [7, 11) is -4.28. The summed E-state index contributed by atoms with van der Waals surface area (Å²) in [5, 5.41) is 15.3. The molecule has 49 heavy (non-hydrogen) atoms. The summed E-state index contributed by atoms with van der Waals surface area (Å²) < 4.78 is 67.7. The fraction of sp³-hybridized carbons (Fsp3) is 0.500. The van der Waals surface area contributed by atoms with Crippen molar-refractivity contribution in [2.75, 3.05) is 37.7 Å². The minimum absolute atomic E-state index is 0.00922. The van der Waals surface area contributed by atoms with Crippen molar-refractivity contribution in [3.8, 4) is 24.1 Å². The van der Waals surface area contributed by atoms with Crippen LogP contribution < -0.4 is 15.0 Å². The number of phenolic OH excluding ortho intramolecular Hbond substituents is 1. The van der Waals surface area contributed by atoms with Crippen molar-refractivity contribution < 1.29 is 27.0 Å². The van der Waals surface area contributed by atoms with Crippen molar-refractivity contribution in [2.24, 2.45) is 0 Å². The smallest absolute Gasteiger partial charge is 0.319 e. The Morgan fingerprint density at radius 2 is 1.90 bits per heavy atom. The Morgan fingerprint density at radius 1 is 1.10 bits per heavy atom. The van der Waals surface area contributed by atoms with Gasteiger partial charge in [-0.2, -0.15) is 9.97 Å². The molecule has 4 atom stereocenters. The van der Waals surface area contributed by atoms with Gasteiger partial charge in [-0.15, -0.1) is 6.42 Å². The van der Waals surface area contributed by atoms with Gasteiger partial charge < -0.3 is 20.1 Å². The van der Waals surface area contributed by atoms with Crippen molar-refractivity contribution in [3.05, 3.63) is 46.9 Å². The summed E-state index contributed by atoms with van der Waals surface area (Å²) in [4.78, 5) is 13.8. The monoisotopic (exact) mass is 688 g/mol. The van der Waals surface area contributed by atoms with Crippen molar-refractivity contribution in [2.45, 2.75) is 86.1 Å². The third-order valence-electron chi connectivity index (χ3n) is 11.5. The number of phenols is 1. The summed E-state index contributed by atoms with van der Waals surface area (Å²) in [5.41, 5.74) is 0.246. The quantitative estimate of drug-likeness (QED) is 0.364. The number of aromatic nitrogens is 2. The lowest BCUT2D eigenvalue weighted by Crippen LogP contribution is -2.52. The van der Waals surface area contributed by atoms with E-state index in [1.165, 1.54) is 28.6 Å². The molecule has 10 nitrogen and oxygen atoms in total. The highest BCUT2D eigenvalue weighted by Crippen LogP contribution is 2.48. The molecule has 6 aliphatic rings. The standard InChI is InChI=1S/C36H38F2N6O4S/c1-2-27-29(38)10-7-21-13-26(45)14-28(32(21)27)31-15-30-33(49(46,47)44(31)25-5-3-6-25)34(42-18-23-8-9-24(19-42)39-23)41-35(40-30)48-20-36-11-4-12-43(36)17-22(37)16-36/h1,7,10,13-15,22-25,39,45H,3-6,8-9,11-12,16-20H2/t22-,23?,24?,36+/m1/s1. The molecule has 5 aliphatic heterocycles. The first-order chi connectivity index (χ1) is 23.6. The lowest BCUT2D eigenvalue weighted by Gasteiger charge is -2.43. The van der Waals surface area contributed by atoms with Crippen LogP contribution in [0.15, 0.2) is 29.2 Å². The molecular weight excluding hydrogens is 650 g/mol. The molecule has 0 amide bonds. The average molecular weight is 689 g/mol. The van der Waals surface area contributed by atoms with Gasteiger partial charge in [0.15, 0.2) is 10.7 Å². The highest BCUT2D eigenvalue weighted by molar-refractivity contribution is 7.89. The zero-order valence-electron chi connectivity index (χ0n) is 27.0. The van der Waals surface area contributed by atoms with E-state index in [4.69, 9.17) is 21.1 Å². The third-order valence-corrected chi connectivity index (χ3v) is 13.4. The first-order valence-electron chi connectivity index (χ1n) is 17.3. The molecular formula is C36H38F2N6O4S. The molecule has 1 aliphatic carbocycles. The van der Waals surface area contributed by atoms with Crippen LogP contribution in [0.25, 0.3) is 22.5 Å². The van der Waals surface area contributed by atoms with Crippen LogP contribution in [0, 0.1) is 18.2 Å². The number of nitrogens with one attached hydrogen (secondary N) is 1. The van der Waals surface area contributed by atoms with Gasteiger partial charge in [0.1, 0.15) is 24.3 Å². The molecule has 2 N–H and O–H groups in total. The van der Waals surface area contributed by atoms with Gasteiger partial charge >= 0.3 is 6.01 Å². The Hall–Kier alpha value is -3.99. The Kier molecular flexibility index (Phi) is 7.13. The average Bonchev–Trinajstić information content (AvgIpc) is 3.69. The molecule has 1 saturated carbocycles. The normalized spacial score (nSPS) is 29.0. The fourth-order valence-corrected chi connectivity index (χ4v) is 11.1. The number of halogens is 2. The first kappa shape index (κ1) is 31.0. The Balaban J connectivity index is 1.24. The summed E-state index contributed by atoms with van der Waals surface area (Å²) in [5.74, 6) is 2.02. The number of piperazine rings is 1. The van der Waals surface area contributed by atoms with Gasteiger partial charge in [-0.1, -0.05) is 12.0 Å². The predicted molar refractivity (Wildman–Crippen MR) is 181 cm³/mol. The van der Waals surface area contributed by atoms with E-state index in [1.807, 2.05) is 4.90 Å². The highest BCUT2D eigenvalue weighted by atomic mass is 32.2. The van der Waals surface area contributed by atoms with Gasteiger partial charge in [0, 0.05) is 55.1 Å². The van der Waals surface area contributed by atoms with Crippen LogP contribution in [0.1, 0.15) is 68.2 Å². The second kappa shape index (κ2) is 11.3. The number of fused-ring (bicyclic) bond motifs is 5. The Morgan fingerprint density at radius 3 is 2.63 bits per heavy atom. The molecule has 13 heteroatoms. The van der Waals surface area contributed by atoms with E-state index in [9.17, 15) is 9.50 Å². The zero-order valence-corrected chi connectivity index (χ0v) is 27.9. The molecule has 256 valence electrons. The number of nitrogens with zero attached hydrogens (tertiary/aromatic N) is 5. The zero-order chi connectivity index (χ0) is 33.7. The van der Waals surface area contributed by atoms with E-state index >= 15 is 12.8 Å². The molecule has 9 rings (SSSR count). The molecule has 0 spiro atoms. The van der Waals surface area contributed by atoms with Crippen LogP contribution in [0.5, 0.6) is 11.8 Å². The number of hydrogen-bond donors (Lipinski definition) is 2. The van der Waals surface area contributed by atoms with Gasteiger partial charge in [-0.3, -0.25) is 9.21 Å². The summed E-state index contributed by atoms with van der Waals surface area (Å²) in [6.07, 6.45) is 12.8. The summed E-state index contributed by atoms with van der Waals surface area (Å²) in [6.45, 7) is 2.54. The van der Waals surface area contributed by atoms with Gasteiger partial charge in [-0.05, 0) is 81.2 Å². The molecule has 4 saturated heterocycles. The number of sulfonamides is 1. The second-order valence-corrected chi connectivity index (χ2v) is 16.3. The molecule has 2 bridgehead atoms. The van der Waals surface area contributed by atoms with Gasteiger partial charge in [0.2, 0.25) is 0 Å². The molecule has 3 aromatic rings. The van der Waals surface area contributed by atoms with E-state index in [0.717, 1.165) is 38.6 Å². The molecule has 0 radical (unpaired) electrons. The van der Waals surface area contributed by atoms with Crippen LogP contribution in [0.2, 0.25) is 0 Å². The number of aromatic hydroxyl groups is 1. The molecule has 2 aromatic carbocycles. The summed E-state index contributed by atoms with van der Waals surface area (Å²) >= 11 is 0. The van der Waals surface area contributed by atoms with Crippen LogP contribution in [-0.4, -0.2) is 95.3 Å². The van der Waals surface area contributed by atoms with E-state index < -0.39 is 27.6 Å². The van der Waals surface area contributed by atoms with E-state index in [-0.39, 0.29) is 58.3 Å². The Labute approximate surface area is 284 Å². The maximum absolute atomic E-state index is 15.2. The summed E-state index contributed by atoms with van der Waals surface area (Å²) in [6, 6.07) is 5.78. The van der Waals surface area contributed by atoms with E-state index in [1.54, 1.807) is 6.08 Å². The minimum Gasteiger partial charge on any atom is -0.508 e. The number of hydrogen-bond acceptors (Lipinski definition) is 9. The fourth-order valence-electron chi connectivity index (χ4n) is 9.08. The number of rotatable bonds is 6. The largest absolute Gasteiger partial charge is 0.508 e. The maximum atomic E-state index is 15.2. The molecule has 6 heterocycles. The van der Waals surface area contributed by atoms with Crippen molar-refractivity contribution in [1.29, 1.82) is 0 Å². The van der Waals surface area contributed by atoms with Gasteiger partial charge in [-0.25, -0.2) is 17.2 Å². The van der Waals surface area contributed by atoms with Crippen molar-refractivity contribution in [3.63, 3.8) is 0 Å². The van der Waals surface area contributed by atoms with E-state index in [2.05, 4.69) is 16.1 Å². The molecule has 2 unspecified atom stereocenters.